The number of phenols is 1. The van der Waals surface area contributed by atoms with Crippen LogP contribution in [0.3, 0.4) is 0 Å². The summed E-state index contributed by atoms with van der Waals surface area (Å²) in [5.41, 5.74) is 5.73. The van der Waals surface area contributed by atoms with E-state index in [-0.39, 0.29) is 30.9 Å². The number of hydrogen-bond acceptors (Lipinski definition) is 14. The summed E-state index contributed by atoms with van der Waals surface area (Å²) in [5, 5.41) is 27.6. The van der Waals surface area contributed by atoms with E-state index in [1.807, 2.05) is 38.1 Å². The Morgan fingerprint density at radius 1 is 1.14 bits per heavy atom. The molecule has 306 valence electrons. The largest absolute Gasteiger partial charge is 0.504 e. The molecule has 1 spiro atoms. The average Bonchev–Trinajstić information content (AvgIpc) is 3.87. The van der Waals surface area contributed by atoms with Gasteiger partial charge in [-0.3, -0.25) is 19.9 Å². The van der Waals surface area contributed by atoms with Crippen molar-refractivity contribution in [2.24, 2.45) is 0 Å². The predicted molar refractivity (Wildman–Crippen MR) is 217 cm³/mol. The number of thioether (sulfide) groups is 1. The lowest BCUT2D eigenvalue weighted by Crippen LogP contribution is -2.70. The molecule has 0 saturated carbocycles. The highest BCUT2D eigenvalue weighted by Crippen LogP contribution is 2.65. The molecule has 8 heterocycles. The zero-order chi connectivity index (χ0) is 41.1. The van der Waals surface area contributed by atoms with Crippen molar-refractivity contribution in [1.29, 1.82) is 5.26 Å². The fraction of sp³-hybridized carbons (Fsp3) is 0.432. The van der Waals surface area contributed by atoms with E-state index in [1.165, 1.54) is 18.7 Å². The fourth-order valence-corrected chi connectivity index (χ4v) is 12.7. The molecular formula is C44H45N5O9S. The van der Waals surface area contributed by atoms with E-state index < -0.39 is 46.9 Å². The molecule has 0 aliphatic carbocycles. The second-order valence-corrected chi connectivity index (χ2v) is 17.2. The summed E-state index contributed by atoms with van der Waals surface area (Å²) in [7, 11) is 3.18. The molecule has 3 N–H and O–H groups in total. The van der Waals surface area contributed by atoms with E-state index in [2.05, 4.69) is 38.8 Å². The number of nitriles is 1. The van der Waals surface area contributed by atoms with Gasteiger partial charge in [0.2, 0.25) is 6.79 Å². The molecule has 7 atom stereocenters. The van der Waals surface area contributed by atoms with Crippen LogP contribution in [0.15, 0.2) is 36.9 Å². The molecule has 0 amide bonds. The van der Waals surface area contributed by atoms with Gasteiger partial charge in [0.1, 0.15) is 24.1 Å². The summed E-state index contributed by atoms with van der Waals surface area (Å²) in [5.74, 6) is 1.66. The molecule has 59 heavy (non-hydrogen) atoms. The number of nitrogens with one attached hydrogen (secondary N) is 2. The quantitative estimate of drug-likeness (QED) is 0.135. The number of carbonyl (C=O) groups excluding carboxylic acids is 2. The number of H-pyrrole nitrogens is 1. The van der Waals surface area contributed by atoms with Gasteiger partial charge in [-0.05, 0) is 61.6 Å². The predicted octanol–water partition coefficient (Wildman–Crippen LogP) is 5.32. The second-order valence-electron chi connectivity index (χ2n) is 16.1. The van der Waals surface area contributed by atoms with E-state index in [9.17, 15) is 20.0 Å². The summed E-state index contributed by atoms with van der Waals surface area (Å²) in [6.45, 7) is 9.99. The van der Waals surface area contributed by atoms with Crippen LogP contribution in [0.1, 0.15) is 68.9 Å². The monoisotopic (exact) mass is 819 g/mol. The number of rotatable bonds is 5. The first-order valence-corrected chi connectivity index (χ1v) is 20.9. The zero-order valence-electron chi connectivity index (χ0n) is 33.5. The van der Waals surface area contributed by atoms with Gasteiger partial charge in [-0.25, -0.2) is 4.79 Å². The molecule has 4 bridgehead atoms. The molecular weight excluding hydrogens is 775 g/mol. The van der Waals surface area contributed by atoms with Gasteiger partial charge in [0.15, 0.2) is 28.5 Å². The fourth-order valence-electron chi connectivity index (χ4n) is 11.0. The number of esters is 2. The Morgan fingerprint density at radius 2 is 1.95 bits per heavy atom. The normalized spacial score (nSPS) is 27.8. The van der Waals surface area contributed by atoms with Gasteiger partial charge >= 0.3 is 11.9 Å². The van der Waals surface area contributed by atoms with Gasteiger partial charge in [-0.2, -0.15) is 5.26 Å². The molecule has 7 aliphatic heterocycles. The maximum absolute atomic E-state index is 15.0. The van der Waals surface area contributed by atoms with Crippen LogP contribution in [0.2, 0.25) is 0 Å². The highest BCUT2D eigenvalue weighted by atomic mass is 32.2. The Morgan fingerprint density at radius 3 is 2.69 bits per heavy atom. The SMILES string of the molecule is C=CCN1C2c3c(cc(C)c(OC)c3O)C[C@H]1[C@H](C#N)N1C2[C@@H]2SC[C@]3(NCCc4c3[nH]c3ccc(OC)cc43)C(=O)OC[C@H]1c1c3c(c(C)c(OC(C)=O)c12)OCO3. The van der Waals surface area contributed by atoms with Crippen LogP contribution in [0.4, 0.5) is 0 Å². The Bertz CT molecular complexity index is 2530. The third-order valence-electron chi connectivity index (χ3n) is 13.3. The smallest absolute Gasteiger partial charge is 0.333 e. The van der Waals surface area contributed by atoms with Crippen molar-refractivity contribution in [3.05, 3.63) is 81.6 Å². The van der Waals surface area contributed by atoms with E-state index in [0.717, 1.165) is 33.3 Å². The summed E-state index contributed by atoms with van der Waals surface area (Å²) >= 11 is 1.53. The first kappa shape index (κ1) is 37.8. The molecule has 2 unspecified atom stereocenters. The van der Waals surface area contributed by atoms with Crippen molar-refractivity contribution in [2.75, 3.05) is 46.5 Å². The Kier molecular flexibility index (Phi) is 8.88. The van der Waals surface area contributed by atoms with Gasteiger partial charge in [0, 0.05) is 71.0 Å². The van der Waals surface area contributed by atoms with E-state index in [4.69, 9.17) is 28.4 Å². The topological polar surface area (TPSA) is 168 Å². The van der Waals surface area contributed by atoms with Crippen LogP contribution in [0, 0.1) is 25.2 Å². The summed E-state index contributed by atoms with van der Waals surface area (Å²) in [6, 6.07) is 7.76. The minimum atomic E-state index is -1.31. The lowest BCUT2D eigenvalue weighted by atomic mass is 9.71. The third kappa shape index (κ3) is 5.22. The number of aromatic amines is 1. The standard InChI is InChI=1S/C44H45N5O9S/c1-7-12-48-28-14-23-13-20(2)37(54-6)36(51)31(23)34(48)35-41-33-32(40-39(56-19-57-40)21(3)38(33)58-22(4)50)30(49(35)29(28)16-45)17-55-43(52)44(18-59-41)42-25(10-11-46-44)26-15-24(53-5)8-9-27(26)47-42/h7-9,13,15,28-30,34-35,41,46-47,51H,1,10-12,14,17-19H2,2-6H3/t28-,29-,30-,34?,35?,41+,44+/m0/s1. The number of piperazine rings is 1. The van der Waals surface area contributed by atoms with Gasteiger partial charge in [-0.15, -0.1) is 18.3 Å². The maximum atomic E-state index is 15.0. The summed E-state index contributed by atoms with van der Waals surface area (Å²) < 4.78 is 36.5. The van der Waals surface area contributed by atoms with Crippen LogP contribution in [0.5, 0.6) is 34.5 Å². The van der Waals surface area contributed by atoms with Crippen molar-refractivity contribution in [2.45, 2.75) is 74.6 Å². The number of fused-ring (bicyclic) bond motifs is 11. The Hall–Kier alpha value is -5.40. The number of methoxy groups -OCH3 is 2. The van der Waals surface area contributed by atoms with Crippen molar-refractivity contribution < 1.29 is 43.1 Å². The van der Waals surface area contributed by atoms with Crippen molar-refractivity contribution in [1.82, 2.24) is 20.1 Å². The van der Waals surface area contributed by atoms with Crippen molar-refractivity contribution in [3.63, 3.8) is 0 Å². The number of benzene rings is 3. The lowest BCUT2D eigenvalue weighted by Gasteiger charge is -2.62. The van der Waals surface area contributed by atoms with Crippen LogP contribution in [-0.4, -0.2) is 96.4 Å². The highest BCUT2D eigenvalue weighted by Gasteiger charge is 2.62. The maximum Gasteiger partial charge on any atom is 0.333 e. The Labute approximate surface area is 345 Å². The number of nitrogens with zero attached hydrogens (tertiary/aromatic N) is 3. The first-order chi connectivity index (χ1) is 28.6. The van der Waals surface area contributed by atoms with Gasteiger partial charge in [-0.1, -0.05) is 12.1 Å². The van der Waals surface area contributed by atoms with Gasteiger partial charge in [0.05, 0.1) is 43.3 Å². The third-order valence-corrected chi connectivity index (χ3v) is 14.7. The Balaban J connectivity index is 1.26. The molecule has 7 aliphatic rings. The molecule has 2 fully saturated rings. The van der Waals surface area contributed by atoms with E-state index in [0.29, 0.717) is 76.9 Å². The van der Waals surface area contributed by atoms with E-state index in [1.54, 1.807) is 14.2 Å². The number of phenolic OH excluding ortho intramolecular Hbond substituents is 1. The molecule has 3 aromatic carbocycles. The van der Waals surface area contributed by atoms with Crippen LogP contribution < -0.4 is 29.0 Å². The van der Waals surface area contributed by atoms with Crippen LogP contribution in [0.25, 0.3) is 10.9 Å². The molecule has 15 heteroatoms. The minimum absolute atomic E-state index is 0.0469. The molecule has 4 aromatic rings. The molecule has 2 saturated heterocycles. The van der Waals surface area contributed by atoms with Crippen molar-refractivity contribution >= 4 is 34.6 Å². The van der Waals surface area contributed by atoms with Crippen molar-refractivity contribution in [3.8, 4) is 40.6 Å². The average molecular weight is 820 g/mol. The van der Waals surface area contributed by atoms with Crippen LogP contribution in [-0.2, 0) is 32.7 Å². The first-order valence-electron chi connectivity index (χ1n) is 19.9. The van der Waals surface area contributed by atoms with Gasteiger partial charge in [0.25, 0.3) is 0 Å². The molecule has 1 aromatic heterocycles. The highest BCUT2D eigenvalue weighted by molar-refractivity contribution is 7.99. The number of ether oxygens (including phenoxy) is 6. The number of carbonyl (C=O) groups is 2. The number of aromatic hydroxyl groups is 1. The number of aryl methyl sites for hydroxylation is 1. The lowest BCUT2D eigenvalue weighted by molar-refractivity contribution is -0.157. The molecule has 11 rings (SSSR count). The van der Waals surface area contributed by atoms with Gasteiger partial charge < -0.3 is 38.5 Å². The second kappa shape index (κ2) is 13.8. The summed E-state index contributed by atoms with van der Waals surface area (Å²) in [4.78, 5) is 36.1. The number of hydrogen-bond donors (Lipinski definition) is 3. The molecule has 14 nitrogen and oxygen atoms in total. The summed E-state index contributed by atoms with van der Waals surface area (Å²) in [6.07, 6.45) is 2.98. The zero-order valence-corrected chi connectivity index (χ0v) is 34.3. The molecule has 0 radical (unpaired) electrons. The number of aromatic nitrogens is 1. The van der Waals surface area contributed by atoms with E-state index >= 15 is 0 Å². The minimum Gasteiger partial charge on any atom is -0.504 e. The van der Waals surface area contributed by atoms with Crippen LogP contribution >= 0.6 is 11.8 Å².